The van der Waals surface area contributed by atoms with E-state index in [9.17, 15) is 0 Å². The summed E-state index contributed by atoms with van der Waals surface area (Å²) in [7, 11) is 0. The van der Waals surface area contributed by atoms with Crippen LogP contribution in [0.25, 0.3) is 0 Å². The van der Waals surface area contributed by atoms with Gasteiger partial charge in [-0.1, -0.05) is 75.2 Å². The highest BCUT2D eigenvalue weighted by Crippen LogP contribution is 2.01. The van der Waals surface area contributed by atoms with E-state index in [-0.39, 0.29) is 14.9 Å². The van der Waals surface area contributed by atoms with Gasteiger partial charge in [-0.3, -0.25) is 0 Å². The maximum Gasteiger partial charge on any atom is -0.00488 e. The molecular weight excluding hydrogens is 218 g/mol. The van der Waals surface area contributed by atoms with E-state index in [1.807, 2.05) is 0 Å². The molecule has 0 fully saturated rings. The Bertz CT molecular complexity index is 97.8. The van der Waals surface area contributed by atoms with E-state index in [1.165, 1.54) is 58.0 Å². The summed E-state index contributed by atoms with van der Waals surface area (Å²) in [6.45, 7) is 13.6. The standard InChI is InChI=1S/C10H23N.C5H12.2CH4/c1-4-5-8-11-9-6-7-10(2)3;1-3-5-4-2;;/h10-11H,4-9H2,1-3H3;3-5H2,1-2H3;2*1H4. The average Bonchev–Trinajstić information content (AvgIpc) is 2.25. The molecule has 18 heavy (non-hydrogen) atoms. The van der Waals surface area contributed by atoms with Crippen LogP contribution < -0.4 is 5.32 Å². The van der Waals surface area contributed by atoms with E-state index < -0.39 is 0 Å². The van der Waals surface area contributed by atoms with E-state index in [2.05, 4.69) is 39.9 Å². The molecule has 0 bridgehead atoms. The lowest BCUT2D eigenvalue weighted by Crippen LogP contribution is -2.16. The normalized spacial score (nSPS) is 9.00. The summed E-state index contributed by atoms with van der Waals surface area (Å²) in [5.41, 5.74) is 0. The minimum absolute atomic E-state index is 0. The van der Waals surface area contributed by atoms with Crippen LogP contribution in [0.5, 0.6) is 0 Å². The van der Waals surface area contributed by atoms with Crippen molar-refractivity contribution in [2.24, 2.45) is 5.92 Å². The molecule has 0 aliphatic rings. The number of rotatable bonds is 9. The van der Waals surface area contributed by atoms with Gasteiger partial charge in [0, 0.05) is 0 Å². The molecule has 0 rings (SSSR count). The summed E-state index contributed by atoms with van der Waals surface area (Å²) in [4.78, 5) is 0. The number of unbranched alkanes of at least 4 members (excludes halogenated alkanes) is 3. The lowest BCUT2D eigenvalue weighted by molar-refractivity contribution is 0.523. The van der Waals surface area contributed by atoms with Crippen molar-refractivity contribution in [1.82, 2.24) is 5.32 Å². The molecule has 0 aromatic carbocycles. The third-order valence-corrected chi connectivity index (χ3v) is 2.55. The van der Waals surface area contributed by atoms with Crippen molar-refractivity contribution in [3.05, 3.63) is 0 Å². The van der Waals surface area contributed by atoms with Crippen molar-refractivity contribution in [3.8, 4) is 0 Å². The topological polar surface area (TPSA) is 12.0 Å². The largest absolute Gasteiger partial charge is 0.317 e. The molecule has 116 valence electrons. The van der Waals surface area contributed by atoms with Gasteiger partial charge in [0.15, 0.2) is 0 Å². The lowest BCUT2D eigenvalue weighted by atomic mass is 10.1. The molecule has 1 heteroatoms. The predicted octanol–water partition coefficient (Wildman–Crippen LogP) is 6.28. The van der Waals surface area contributed by atoms with Gasteiger partial charge in [0.25, 0.3) is 0 Å². The monoisotopic (exact) mass is 261 g/mol. The summed E-state index contributed by atoms with van der Waals surface area (Å²) in [5, 5.41) is 3.44. The predicted molar refractivity (Wildman–Crippen MR) is 90.5 cm³/mol. The summed E-state index contributed by atoms with van der Waals surface area (Å²) in [5.74, 6) is 0.864. The Morgan fingerprint density at radius 3 is 1.50 bits per heavy atom. The zero-order valence-corrected chi connectivity index (χ0v) is 12.4. The molecule has 0 amide bonds. The van der Waals surface area contributed by atoms with Crippen molar-refractivity contribution >= 4 is 0 Å². The van der Waals surface area contributed by atoms with Gasteiger partial charge in [0.05, 0.1) is 0 Å². The molecule has 0 unspecified atom stereocenters. The van der Waals surface area contributed by atoms with Gasteiger partial charge in [-0.25, -0.2) is 0 Å². The zero-order valence-electron chi connectivity index (χ0n) is 12.4. The summed E-state index contributed by atoms with van der Waals surface area (Å²) < 4.78 is 0. The molecule has 0 aliphatic heterocycles. The Labute approximate surface area is 119 Å². The van der Waals surface area contributed by atoms with Crippen molar-refractivity contribution in [3.63, 3.8) is 0 Å². The van der Waals surface area contributed by atoms with Crippen LogP contribution in [0.4, 0.5) is 0 Å². The molecule has 0 radical (unpaired) electrons. The van der Waals surface area contributed by atoms with Gasteiger partial charge in [-0.05, 0) is 38.3 Å². The maximum atomic E-state index is 3.44. The Hall–Kier alpha value is -0.0400. The molecule has 1 nitrogen and oxygen atoms in total. The molecule has 0 aliphatic carbocycles. The second-order valence-electron chi connectivity index (χ2n) is 4.99. The van der Waals surface area contributed by atoms with Crippen LogP contribution in [0.2, 0.25) is 0 Å². The van der Waals surface area contributed by atoms with E-state index in [4.69, 9.17) is 0 Å². The van der Waals surface area contributed by atoms with Crippen LogP contribution in [-0.4, -0.2) is 13.1 Å². The molecule has 0 spiro atoms. The second-order valence-corrected chi connectivity index (χ2v) is 4.99. The van der Waals surface area contributed by atoms with E-state index in [0.29, 0.717) is 0 Å². The summed E-state index contributed by atoms with van der Waals surface area (Å²) in [6, 6.07) is 0. The Kier molecular flexibility index (Phi) is 37.9. The first kappa shape index (κ1) is 26.5. The first-order chi connectivity index (χ1) is 7.68. The van der Waals surface area contributed by atoms with Gasteiger partial charge in [-0.15, -0.1) is 0 Å². The molecular formula is C17H43N. The van der Waals surface area contributed by atoms with Crippen molar-refractivity contribution < 1.29 is 0 Å². The first-order valence-corrected chi connectivity index (χ1v) is 7.39. The molecule has 1 N–H and O–H groups in total. The number of hydrogen-bond acceptors (Lipinski definition) is 1. The third kappa shape index (κ3) is 36.0. The second kappa shape index (κ2) is 25.7. The molecule has 0 aromatic rings. The Morgan fingerprint density at radius 1 is 0.722 bits per heavy atom. The Morgan fingerprint density at radius 2 is 1.17 bits per heavy atom. The van der Waals surface area contributed by atoms with Crippen molar-refractivity contribution in [2.75, 3.05) is 13.1 Å². The smallest absolute Gasteiger partial charge is 0.00488 e. The van der Waals surface area contributed by atoms with Crippen LogP contribution in [0.3, 0.4) is 0 Å². The molecule has 0 atom stereocenters. The highest BCUT2D eigenvalue weighted by Gasteiger charge is 1.92. The molecule has 0 heterocycles. The summed E-state index contributed by atoms with van der Waals surface area (Å²) >= 11 is 0. The minimum atomic E-state index is 0. The first-order valence-electron chi connectivity index (χ1n) is 7.39. The van der Waals surface area contributed by atoms with Crippen LogP contribution in [-0.2, 0) is 0 Å². The quantitative estimate of drug-likeness (QED) is 0.481. The number of hydrogen-bond donors (Lipinski definition) is 1. The third-order valence-electron chi connectivity index (χ3n) is 2.55. The average molecular weight is 262 g/mol. The fourth-order valence-electron chi connectivity index (χ4n) is 1.42. The molecule has 0 aromatic heterocycles. The van der Waals surface area contributed by atoms with Gasteiger partial charge >= 0.3 is 0 Å². The fraction of sp³-hybridized carbons (Fsp3) is 1.00. The van der Waals surface area contributed by atoms with Crippen LogP contribution >= 0.6 is 0 Å². The highest BCUT2D eigenvalue weighted by atomic mass is 14.8. The highest BCUT2D eigenvalue weighted by molar-refractivity contribution is 4.50. The fourth-order valence-corrected chi connectivity index (χ4v) is 1.42. The van der Waals surface area contributed by atoms with E-state index in [0.717, 1.165) is 5.92 Å². The SMILES string of the molecule is C.C.CCCCC.CCCCNCCCC(C)C. The van der Waals surface area contributed by atoms with Crippen LogP contribution in [0, 0.1) is 5.92 Å². The molecule has 0 saturated carbocycles. The van der Waals surface area contributed by atoms with Crippen LogP contribution in [0.15, 0.2) is 0 Å². The van der Waals surface area contributed by atoms with E-state index >= 15 is 0 Å². The molecule has 0 saturated heterocycles. The summed E-state index contributed by atoms with van der Waals surface area (Å²) in [6.07, 6.45) is 9.40. The van der Waals surface area contributed by atoms with Gasteiger partial charge in [0.2, 0.25) is 0 Å². The van der Waals surface area contributed by atoms with Crippen LogP contribution in [0.1, 0.15) is 94.4 Å². The van der Waals surface area contributed by atoms with Gasteiger partial charge < -0.3 is 5.32 Å². The van der Waals surface area contributed by atoms with E-state index in [1.54, 1.807) is 0 Å². The van der Waals surface area contributed by atoms with Crippen molar-refractivity contribution in [2.45, 2.75) is 94.4 Å². The van der Waals surface area contributed by atoms with Gasteiger partial charge in [-0.2, -0.15) is 0 Å². The number of nitrogens with one attached hydrogen (secondary N) is 1. The zero-order chi connectivity index (χ0) is 12.6. The maximum absolute atomic E-state index is 3.44. The lowest BCUT2D eigenvalue weighted by Gasteiger charge is -2.05. The van der Waals surface area contributed by atoms with Gasteiger partial charge in [0.1, 0.15) is 0 Å². The van der Waals surface area contributed by atoms with Crippen molar-refractivity contribution in [1.29, 1.82) is 0 Å². The minimum Gasteiger partial charge on any atom is -0.317 e. The Balaban J connectivity index is -0.000000122.